The van der Waals surface area contributed by atoms with E-state index in [1.165, 1.54) is 18.9 Å². The van der Waals surface area contributed by atoms with Gasteiger partial charge in [-0.1, -0.05) is 26.0 Å². The first-order chi connectivity index (χ1) is 11.8. The molecule has 7 nitrogen and oxygen atoms in total. The van der Waals surface area contributed by atoms with Crippen LogP contribution in [-0.4, -0.2) is 43.1 Å². The zero-order valence-corrected chi connectivity index (χ0v) is 15.2. The summed E-state index contributed by atoms with van der Waals surface area (Å²) in [7, 11) is 1.25. The molecule has 136 valence electrons. The highest BCUT2D eigenvalue weighted by Gasteiger charge is 2.51. The minimum Gasteiger partial charge on any atom is -0.467 e. The van der Waals surface area contributed by atoms with Crippen LogP contribution in [-0.2, 0) is 19.1 Å². The lowest BCUT2D eigenvalue weighted by molar-refractivity contribution is -0.154. The topological polar surface area (TPSA) is 84.9 Å². The Morgan fingerprint density at radius 3 is 2.52 bits per heavy atom. The van der Waals surface area contributed by atoms with Gasteiger partial charge in [-0.05, 0) is 31.9 Å². The normalized spacial score (nSPS) is 20.6. The van der Waals surface area contributed by atoms with E-state index in [2.05, 4.69) is 5.32 Å². The summed E-state index contributed by atoms with van der Waals surface area (Å²) < 4.78 is 10.5. The van der Waals surface area contributed by atoms with Crippen LogP contribution in [0.3, 0.4) is 0 Å². The molecular weight excluding hydrogens is 324 g/mol. The van der Waals surface area contributed by atoms with E-state index < -0.39 is 29.4 Å². The molecule has 0 aromatic heterocycles. The number of anilines is 1. The van der Waals surface area contributed by atoms with Crippen molar-refractivity contribution in [1.29, 1.82) is 0 Å². The summed E-state index contributed by atoms with van der Waals surface area (Å²) in [4.78, 5) is 39.1. The maximum atomic E-state index is 12.9. The van der Waals surface area contributed by atoms with Gasteiger partial charge < -0.3 is 19.7 Å². The lowest BCUT2D eigenvalue weighted by Crippen LogP contribution is -2.64. The first-order valence-electron chi connectivity index (χ1n) is 8.25. The van der Waals surface area contributed by atoms with Crippen LogP contribution in [0.5, 0.6) is 5.75 Å². The van der Waals surface area contributed by atoms with Crippen molar-refractivity contribution in [3.63, 3.8) is 0 Å². The molecule has 0 spiro atoms. The Morgan fingerprint density at radius 2 is 1.96 bits per heavy atom. The minimum absolute atomic E-state index is 0.201. The molecule has 1 N–H and O–H groups in total. The number of ether oxygens (including phenoxy) is 2. The van der Waals surface area contributed by atoms with Crippen LogP contribution < -0.4 is 15.0 Å². The monoisotopic (exact) mass is 348 g/mol. The summed E-state index contributed by atoms with van der Waals surface area (Å²) in [6, 6.07) is 6.17. The van der Waals surface area contributed by atoms with Crippen molar-refractivity contribution in [1.82, 2.24) is 5.32 Å². The van der Waals surface area contributed by atoms with E-state index in [1.54, 1.807) is 38.1 Å². The Labute approximate surface area is 147 Å². The van der Waals surface area contributed by atoms with Gasteiger partial charge in [-0.15, -0.1) is 0 Å². The molecule has 2 rings (SSSR count). The molecule has 25 heavy (non-hydrogen) atoms. The Balaban J connectivity index is 2.35. The zero-order valence-electron chi connectivity index (χ0n) is 15.2. The van der Waals surface area contributed by atoms with Gasteiger partial charge in [0, 0.05) is 6.54 Å². The van der Waals surface area contributed by atoms with Crippen LogP contribution in [0.15, 0.2) is 24.3 Å². The molecule has 0 aliphatic carbocycles. The molecule has 0 saturated carbocycles. The SMILES string of the molecule is CCN1C(=O)C(C)(C(=O)NC(C(=O)OC)C(C)C)Oc2ccccc21. The van der Waals surface area contributed by atoms with Crippen LogP contribution in [0, 0.1) is 5.92 Å². The molecule has 0 radical (unpaired) electrons. The van der Waals surface area contributed by atoms with Crippen molar-refractivity contribution < 1.29 is 23.9 Å². The van der Waals surface area contributed by atoms with Crippen molar-refractivity contribution in [2.75, 3.05) is 18.6 Å². The standard InChI is InChI=1S/C18H24N2O5/c1-6-20-12-9-7-8-10-13(12)25-18(4,17(20)23)16(22)19-14(11(2)3)15(21)24-5/h7-11,14H,6H2,1-5H3,(H,19,22). The van der Waals surface area contributed by atoms with Gasteiger partial charge in [-0.25, -0.2) is 4.79 Å². The maximum Gasteiger partial charge on any atom is 0.328 e. The fourth-order valence-electron chi connectivity index (χ4n) is 2.76. The van der Waals surface area contributed by atoms with E-state index in [4.69, 9.17) is 9.47 Å². The van der Waals surface area contributed by atoms with Crippen molar-refractivity contribution in [2.24, 2.45) is 5.92 Å². The molecule has 2 unspecified atom stereocenters. The highest BCUT2D eigenvalue weighted by atomic mass is 16.5. The van der Waals surface area contributed by atoms with Crippen LogP contribution in [0.25, 0.3) is 0 Å². The number of likely N-dealkylation sites (N-methyl/N-ethyl adjacent to an activating group) is 1. The molecule has 1 heterocycles. The fraction of sp³-hybridized carbons (Fsp3) is 0.500. The number of carbonyl (C=O) groups is 3. The number of benzene rings is 1. The Bertz CT molecular complexity index is 688. The highest BCUT2D eigenvalue weighted by molar-refractivity contribution is 6.16. The van der Waals surface area contributed by atoms with E-state index in [1.807, 2.05) is 6.92 Å². The number of fused-ring (bicyclic) bond motifs is 1. The van der Waals surface area contributed by atoms with Crippen molar-refractivity contribution >= 4 is 23.5 Å². The third kappa shape index (κ3) is 3.31. The maximum absolute atomic E-state index is 12.9. The van der Waals surface area contributed by atoms with Gasteiger partial charge in [0.05, 0.1) is 12.8 Å². The summed E-state index contributed by atoms with van der Waals surface area (Å²) in [6.07, 6.45) is 0. The number of nitrogens with zero attached hydrogens (tertiary/aromatic N) is 1. The number of hydrogen-bond acceptors (Lipinski definition) is 5. The molecule has 7 heteroatoms. The summed E-state index contributed by atoms with van der Waals surface area (Å²) >= 11 is 0. The molecule has 1 aliphatic rings. The fourth-order valence-corrected chi connectivity index (χ4v) is 2.76. The molecule has 2 amide bonds. The van der Waals surface area contributed by atoms with Gasteiger partial charge in [-0.2, -0.15) is 0 Å². The Morgan fingerprint density at radius 1 is 1.32 bits per heavy atom. The van der Waals surface area contributed by atoms with E-state index in [9.17, 15) is 14.4 Å². The molecule has 1 aromatic carbocycles. The quantitative estimate of drug-likeness (QED) is 0.644. The third-order valence-corrected chi connectivity index (χ3v) is 4.28. The second kappa shape index (κ2) is 7.13. The van der Waals surface area contributed by atoms with E-state index in [0.29, 0.717) is 18.0 Å². The predicted octanol–water partition coefficient (Wildman–Crippen LogP) is 1.50. The molecule has 2 atom stereocenters. The molecule has 0 saturated heterocycles. The van der Waals surface area contributed by atoms with E-state index in [0.717, 1.165) is 0 Å². The second-order valence-corrected chi connectivity index (χ2v) is 6.37. The number of para-hydroxylation sites is 2. The smallest absolute Gasteiger partial charge is 0.328 e. The van der Waals surface area contributed by atoms with Crippen molar-refractivity contribution in [3.8, 4) is 5.75 Å². The number of esters is 1. The van der Waals surface area contributed by atoms with Crippen LogP contribution in [0.2, 0.25) is 0 Å². The van der Waals surface area contributed by atoms with Crippen LogP contribution in [0.4, 0.5) is 5.69 Å². The Hall–Kier alpha value is -2.57. The summed E-state index contributed by atoms with van der Waals surface area (Å²) in [5.74, 6) is -1.47. The van der Waals surface area contributed by atoms with Gasteiger partial charge in [-0.3, -0.25) is 9.59 Å². The van der Waals surface area contributed by atoms with Gasteiger partial charge in [0.1, 0.15) is 11.8 Å². The summed E-state index contributed by atoms with van der Waals surface area (Å²) in [6.45, 7) is 7.19. The average molecular weight is 348 g/mol. The van der Waals surface area contributed by atoms with E-state index in [-0.39, 0.29) is 5.92 Å². The number of rotatable bonds is 5. The Kier molecular flexibility index (Phi) is 5.35. The minimum atomic E-state index is -1.76. The van der Waals surface area contributed by atoms with Crippen molar-refractivity contribution in [3.05, 3.63) is 24.3 Å². The number of carbonyl (C=O) groups excluding carboxylic acids is 3. The van der Waals surface area contributed by atoms with Gasteiger partial charge in [0.25, 0.3) is 17.4 Å². The van der Waals surface area contributed by atoms with Crippen molar-refractivity contribution in [2.45, 2.75) is 39.3 Å². The first-order valence-corrected chi connectivity index (χ1v) is 8.25. The van der Waals surface area contributed by atoms with Gasteiger partial charge >= 0.3 is 5.97 Å². The highest BCUT2D eigenvalue weighted by Crippen LogP contribution is 2.37. The summed E-state index contributed by atoms with van der Waals surface area (Å²) in [5.41, 5.74) is -1.14. The number of nitrogens with one attached hydrogen (secondary N) is 1. The number of hydrogen-bond donors (Lipinski definition) is 1. The van der Waals surface area contributed by atoms with E-state index >= 15 is 0 Å². The predicted molar refractivity (Wildman–Crippen MR) is 92.3 cm³/mol. The average Bonchev–Trinajstić information content (AvgIpc) is 2.59. The van der Waals surface area contributed by atoms with Gasteiger partial charge in [0.15, 0.2) is 0 Å². The molecule has 1 aromatic rings. The molecule has 0 bridgehead atoms. The largest absolute Gasteiger partial charge is 0.467 e. The lowest BCUT2D eigenvalue weighted by Gasteiger charge is -2.39. The summed E-state index contributed by atoms with van der Waals surface area (Å²) in [5, 5.41) is 2.60. The molecule has 1 aliphatic heterocycles. The molecule has 0 fully saturated rings. The number of methoxy groups -OCH3 is 1. The number of amides is 2. The lowest BCUT2D eigenvalue weighted by atomic mass is 9.97. The third-order valence-electron chi connectivity index (χ3n) is 4.28. The van der Waals surface area contributed by atoms with Gasteiger partial charge in [0.2, 0.25) is 0 Å². The van der Waals surface area contributed by atoms with Crippen LogP contribution in [0.1, 0.15) is 27.7 Å². The first kappa shape index (κ1) is 18.8. The molecular formula is C18H24N2O5. The van der Waals surface area contributed by atoms with Crippen LogP contribution >= 0.6 is 0 Å². The second-order valence-electron chi connectivity index (χ2n) is 6.37. The zero-order chi connectivity index (χ0) is 18.8.